The monoisotopic (exact) mass is 503 g/mol. The van der Waals surface area contributed by atoms with Crippen molar-refractivity contribution in [3.05, 3.63) is 83.7 Å². The largest absolute Gasteiger partial charge is 0.485 e. The van der Waals surface area contributed by atoms with Gasteiger partial charge in [-0.15, -0.1) is 0 Å². The number of aliphatic hydroxyl groups is 1. The van der Waals surface area contributed by atoms with E-state index in [-0.39, 0.29) is 23.8 Å². The van der Waals surface area contributed by atoms with Crippen molar-refractivity contribution in [1.29, 1.82) is 0 Å². The zero-order chi connectivity index (χ0) is 26.6. The van der Waals surface area contributed by atoms with Gasteiger partial charge in [0.05, 0.1) is 18.5 Å². The van der Waals surface area contributed by atoms with E-state index in [0.29, 0.717) is 30.3 Å². The van der Waals surface area contributed by atoms with Crippen LogP contribution in [0.1, 0.15) is 67.6 Å². The summed E-state index contributed by atoms with van der Waals surface area (Å²) in [6.07, 6.45) is 3.66. The van der Waals surface area contributed by atoms with Gasteiger partial charge in [0.2, 0.25) is 5.82 Å². The van der Waals surface area contributed by atoms with Crippen molar-refractivity contribution < 1.29 is 19.2 Å². The summed E-state index contributed by atoms with van der Waals surface area (Å²) in [4.78, 5) is 19.9. The first kappa shape index (κ1) is 26.1. The third kappa shape index (κ3) is 6.42. The molecule has 194 valence electrons. The van der Waals surface area contributed by atoms with Gasteiger partial charge in [-0.25, -0.2) is 4.98 Å². The average molecular weight is 504 g/mol. The van der Waals surface area contributed by atoms with Gasteiger partial charge < -0.3 is 24.7 Å². The van der Waals surface area contributed by atoms with Gasteiger partial charge in [0.25, 0.3) is 11.8 Å². The van der Waals surface area contributed by atoms with E-state index in [2.05, 4.69) is 48.0 Å². The third-order valence-corrected chi connectivity index (χ3v) is 6.30. The Hall–Kier alpha value is -3.98. The Kier molecular flexibility index (Phi) is 7.73. The van der Waals surface area contributed by atoms with E-state index in [4.69, 9.17) is 15.0 Å². The van der Waals surface area contributed by atoms with Gasteiger partial charge in [0.1, 0.15) is 11.4 Å². The van der Waals surface area contributed by atoms with E-state index < -0.39 is 12.0 Å². The van der Waals surface area contributed by atoms with Gasteiger partial charge in [0.15, 0.2) is 6.61 Å². The molecule has 0 spiro atoms. The van der Waals surface area contributed by atoms with Crippen molar-refractivity contribution in [3.63, 3.8) is 0 Å². The molecule has 0 aliphatic carbocycles. The van der Waals surface area contributed by atoms with Gasteiger partial charge in [-0.3, -0.25) is 4.79 Å². The summed E-state index contributed by atoms with van der Waals surface area (Å²) in [7, 11) is 0. The fourth-order valence-corrected chi connectivity index (χ4v) is 4.12. The van der Waals surface area contributed by atoms with Crippen molar-refractivity contribution in [3.8, 4) is 17.2 Å². The number of rotatable bonds is 10. The highest BCUT2D eigenvalue weighted by molar-refractivity contribution is 5.90. The number of carbonyl (C=O) groups excluding carboxylic acids is 1. The molecule has 4 aromatic rings. The van der Waals surface area contributed by atoms with Crippen LogP contribution in [0.15, 0.2) is 65.6 Å². The van der Waals surface area contributed by atoms with Crippen LogP contribution in [0, 0.1) is 0 Å². The number of aromatic nitrogens is 4. The number of primary amides is 1. The standard InChI is InChI=1S/C28H33N5O4/c1-18(34)23(33-15-22(26(29)35)30-17-33)14-11-19-7-5-6-8-24(19)36-16-25-31-27(37-32-25)20-9-12-21(13-10-20)28(2,3)4/h5-10,12-13,15,17-18,23,34H,11,14,16H2,1-4H3,(H2,29,35)/t18-,23+/m0/s1. The number of para-hydroxylation sites is 1. The highest BCUT2D eigenvalue weighted by Gasteiger charge is 2.20. The SMILES string of the molecule is C[C@H](O)[C@@H](CCc1ccccc1OCc1noc(-c2ccc(C(C)(C)C)cc2)n1)n1cnc(C(N)=O)c1. The number of hydrogen-bond donors (Lipinski definition) is 2. The summed E-state index contributed by atoms with van der Waals surface area (Å²) in [5, 5.41) is 14.4. The van der Waals surface area contributed by atoms with Gasteiger partial charge >= 0.3 is 0 Å². The molecule has 0 radical (unpaired) electrons. The van der Waals surface area contributed by atoms with Crippen LogP contribution in [-0.4, -0.2) is 36.8 Å². The average Bonchev–Trinajstić information content (AvgIpc) is 3.53. The van der Waals surface area contributed by atoms with Crippen LogP contribution in [0.25, 0.3) is 11.5 Å². The normalized spacial score (nSPS) is 13.3. The first-order valence-electron chi connectivity index (χ1n) is 12.3. The summed E-state index contributed by atoms with van der Waals surface area (Å²) < 4.78 is 13.2. The molecule has 0 saturated carbocycles. The van der Waals surface area contributed by atoms with E-state index in [0.717, 1.165) is 11.1 Å². The first-order chi connectivity index (χ1) is 17.6. The molecule has 2 aromatic carbocycles. The first-order valence-corrected chi connectivity index (χ1v) is 12.3. The van der Waals surface area contributed by atoms with Crippen molar-refractivity contribution in [2.45, 2.75) is 64.7 Å². The van der Waals surface area contributed by atoms with Crippen molar-refractivity contribution in [2.24, 2.45) is 5.73 Å². The number of benzene rings is 2. The lowest BCUT2D eigenvalue weighted by molar-refractivity contribution is 0.0994. The zero-order valence-corrected chi connectivity index (χ0v) is 21.6. The number of amides is 1. The lowest BCUT2D eigenvalue weighted by Crippen LogP contribution is -2.21. The van der Waals surface area contributed by atoms with Crippen LogP contribution >= 0.6 is 0 Å². The lowest BCUT2D eigenvalue weighted by Gasteiger charge is -2.22. The Labute approximate surface area is 216 Å². The number of aliphatic hydroxyl groups excluding tert-OH is 1. The molecule has 1 amide bonds. The summed E-state index contributed by atoms with van der Waals surface area (Å²) in [6, 6.07) is 15.6. The van der Waals surface area contributed by atoms with Crippen LogP contribution in [-0.2, 0) is 18.4 Å². The fraction of sp³-hybridized carbons (Fsp3) is 0.357. The van der Waals surface area contributed by atoms with Gasteiger partial charge in [0, 0.05) is 11.8 Å². The molecule has 0 aliphatic rings. The number of nitrogens with zero attached hydrogens (tertiary/aromatic N) is 4. The summed E-state index contributed by atoms with van der Waals surface area (Å²) >= 11 is 0. The maximum atomic E-state index is 11.4. The Morgan fingerprint density at radius 1 is 1.16 bits per heavy atom. The second-order valence-electron chi connectivity index (χ2n) is 10.2. The van der Waals surface area contributed by atoms with Crippen molar-refractivity contribution in [2.75, 3.05) is 0 Å². The molecule has 37 heavy (non-hydrogen) atoms. The summed E-state index contributed by atoms with van der Waals surface area (Å²) in [5.41, 5.74) is 8.62. The second-order valence-corrected chi connectivity index (χ2v) is 10.2. The minimum Gasteiger partial charge on any atom is -0.485 e. The van der Waals surface area contributed by atoms with E-state index in [1.807, 2.05) is 36.4 Å². The Morgan fingerprint density at radius 3 is 2.54 bits per heavy atom. The molecule has 4 rings (SSSR count). The fourth-order valence-electron chi connectivity index (χ4n) is 4.12. The van der Waals surface area contributed by atoms with E-state index in [9.17, 15) is 9.90 Å². The molecule has 0 unspecified atom stereocenters. The minimum atomic E-state index is -0.654. The molecular formula is C28H33N5O4. The molecule has 9 heteroatoms. The molecule has 0 saturated heterocycles. The number of ether oxygens (including phenoxy) is 1. The highest BCUT2D eigenvalue weighted by atomic mass is 16.5. The predicted octanol–water partition coefficient (Wildman–Crippen LogP) is 4.46. The Morgan fingerprint density at radius 2 is 1.89 bits per heavy atom. The summed E-state index contributed by atoms with van der Waals surface area (Å²) in [5.74, 6) is 0.997. The molecule has 0 bridgehead atoms. The smallest absolute Gasteiger partial charge is 0.268 e. The van der Waals surface area contributed by atoms with Crippen LogP contribution in [0.5, 0.6) is 5.75 Å². The topological polar surface area (TPSA) is 129 Å². The molecule has 0 fully saturated rings. The third-order valence-electron chi connectivity index (χ3n) is 6.30. The number of aryl methyl sites for hydroxylation is 1. The van der Waals surface area contributed by atoms with E-state index in [1.165, 1.54) is 11.9 Å². The lowest BCUT2D eigenvalue weighted by atomic mass is 9.87. The number of hydrogen-bond acceptors (Lipinski definition) is 7. The minimum absolute atomic E-state index is 0.0697. The van der Waals surface area contributed by atoms with Gasteiger partial charge in [-0.1, -0.05) is 56.3 Å². The maximum Gasteiger partial charge on any atom is 0.268 e. The predicted molar refractivity (Wildman–Crippen MR) is 139 cm³/mol. The molecule has 0 aliphatic heterocycles. The summed E-state index contributed by atoms with van der Waals surface area (Å²) in [6.45, 7) is 8.38. The van der Waals surface area contributed by atoms with Crippen LogP contribution in [0.2, 0.25) is 0 Å². The number of imidazole rings is 1. The zero-order valence-electron chi connectivity index (χ0n) is 21.6. The van der Waals surface area contributed by atoms with Crippen LogP contribution in [0.4, 0.5) is 0 Å². The van der Waals surface area contributed by atoms with Gasteiger partial charge in [-0.2, -0.15) is 4.98 Å². The molecule has 2 atom stereocenters. The molecule has 3 N–H and O–H groups in total. The van der Waals surface area contributed by atoms with Gasteiger partial charge in [-0.05, 0) is 54.5 Å². The van der Waals surface area contributed by atoms with E-state index >= 15 is 0 Å². The maximum absolute atomic E-state index is 11.4. The molecular weight excluding hydrogens is 470 g/mol. The molecule has 2 aromatic heterocycles. The van der Waals surface area contributed by atoms with Crippen molar-refractivity contribution in [1.82, 2.24) is 19.7 Å². The Balaban J connectivity index is 1.40. The molecule has 2 heterocycles. The van der Waals surface area contributed by atoms with Crippen LogP contribution < -0.4 is 10.5 Å². The number of carbonyl (C=O) groups is 1. The second kappa shape index (κ2) is 11.0. The number of nitrogens with two attached hydrogens (primary N) is 1. The highest BCUT2D eigenvalue weighted by Crippen LogP contribution is 2.27. The van der Waals surface area contributed by atoms with E-state index in [1.54, 1.807) is 17.7 Å². The van der Waals surface area contributed by atoms with Crippen molar-refractivity contribution >= 4 is 5.91 Å². The molecule has 9 nitrogen and oxygen atoms in total. The quantitative estimate of drug-likeness (QED) is 0.327. The Bertz CT molecular complexity index is 1340. The van der Waals surface area contributed by atoms with Crippen LogP contribution in [0.3, 0.4) is 0 Å².